The summed E-state index contributed by atoms with van der Waals surface area (Å²) in [6.45, 7) is 0.727. The van der Waals surface area contributed by atoms with Gasteiger partial charge in [0.15, 0.2) is 0 Å². The third-order valence-corrected chi connectivity index (χ3v) is 5.99. The molecule has 0 saturated heterocycles. The van der Waals surface area contributed by atoms with Crippen molar-refractivity contribution in [2.24, 2.45) is 16.6 Å². The van der Waals surface area contributed by atoms with E-state index >= 15 is 0 Å². The van der Waals surface area contributed by atoms with Crippen molar-refractivity contribution in [3.63, 3.8) is 0 Å². The second kappa shape index (κ2) is 12.4. The number of carboxylic acid groups (broad SMARTS) is 1. The number of guanidine groups is 1. The van der Waals surface area contributed by atoms with E-state index in [4.69, 9.17) is 16.1 Å². The molecule has 0 unspecified atom stereocenters. The molecule has 3 rings (SSSR count). The highest BCUT2D eigenvalue weighted by molar-refractivity contribution is 5.96. The standard InChI is InChI=1S/C26H31N5O2/c27-19-30-26(28)31(18-20-8-2-1-3-9-20)23-12-6-10-21(16-23)24(13-4-5-14-25(32)33)22-11-7-15-29-17-22/h6-7,10-13,15-17,20H,1-5,8-9,14,18H2,(H2,28,30)(H,32,33)/b24-13+. The van der Waals surface area contributed by atoms with Crippen LogP contribution in [0.1, 0.15) is 62.5 Å². The van der Waals surface area contributed by atoms with Crippen LogP contribution >= 0.6 is 0 Å². The molecule has 0 radical (unpaired) electrons. The molecule has 1 fully saturated rings. The van der Waals surface area contributed by atoms with Gasteiger partial charge in [-0.3, -0.25) is 9.78 Å². The van der Waals surface area contributed by atoms with Crippen molar-refractivity contribution in [1.29, 1.82) is 5.26 Å². The molecule has 7 heteroatoms. The van der Waals surface area contributed by atoms with Crippen LogP contribution in [0.4, 0.5) is 5.69 Å². The van der Waals surface area contributed by atoms with Gasteiger partial charge in [-0.1, -0.05) is 43.5 Å². The van der Waals surface area contributed by atoms with E-state index in [1.807, 2.05) is 41.4 Å². The Hall–Kier alpha value is -3.66. The van der Waals surface area contributed by atoms with E-state index in [-0.39, 0.29) is 12.4 Å². The Bertz CT molecular complexity index is 1020. The second-order valence-corrected chi connectivity index (χ2v) is 8.38. The predicted octanol–water partition coefficient (Wildman–Crippen LogP) is 4.95. The largest absolute Gasteiger partial charge is 0.481 e. The fourth-order valence-electron chi connectivity index (χ4n) is 4.34. The van der Waals surface area contributed by atoms with E-state index in [0.717, 1.165) is 41.8 Å². The molecule has 1 aromatic heterocycles. The maximum absolute atomic E-state index is 10.9. The van der Waals surface area contributed by atoms with Gasteiger partial charge in [0.2, 0.25) is 12.2 Å². The number of nitrogens with two attached hydrogens (primary N) is 1. The topological polar surface area (TPSA) is 116 Å². The molecule has 0 aliphatic heterocycles. The number of unbranched alkanes of at least 4 members (excludes halogenated alkanes) is 1. The number of hydrogen-bond donors (Lipinski definition) is 2. The molecular formula is C26H31N5O2. The van der Waals surface area contributed by atoms with Crippen LogP contribution in [0.2, 0.25) is 0 Å². The van der Waals surface area contributed by atoms with E-state index in [2.05, 4.69) is 22.1 Å². The zero-order chi connectivity index (χ0) is 23.5. The van der Waals surface area contributed by atoms with Crippen LogP contribution in [0, 0.1) is 17.4 Å². The SMILES string of the molecule is N#CN=C(N)N(CC1CCCCC1)c1cccc(/C(=C\CCCC(=O)O)c2cccnc2)c1. The molecule has 1 aromatic carbocycles. The van der Waals surface area contributed by atoms with Crippen molar-refractivity contribution in [3.8, 4) is 6.19 Å². The minimum Gasteiger partial charge on any atom is -0.481 e. The summed E-state index contributed by atoms with van der Waals surface area (Å²) < 4.78 is 0. The molecule has 1 aliphatic carbocycles. The van der Waals surface area contributed by atoms with E-state index in [9.17, 15) is 4.79 Å². The number of aliphatic imine (C=N–C) groups is 1. The summed E-state index contributed by atoms with van der Waals surface area (Å²) in [6, 6.07) is 11.9. The quantitative estimate of drug-likeness (QED) is 0.244. The molecule has 1 saturated carbocycles. The number of allylic oxidation sites excluding steroid dienone is 1. The van der Waals surface area contributed by atoms with Crippen LogP contribution in [0.25, 0.3) is 5.57 Å². The first-order valence-corrected chi connectivity index (χ1v) is 11.5. The Morgan fingerprint density at radius 1 is 1.24 bits per heavy atom. The summed E-state index contributed by atoms with van der Waals surface area (Å²) in [7, 11) is 0. The van der Waals surface area contributed by atoms with E-state index in [0.29, 0.717) is 18.8 Å². The van der Waals surface area contributed by atoms with Crippen molar-refractivity contribution in [3.05, 3.63) is 66.0 Å². The van der Waals surface area contributed by atoms with Gasteiger partial charge in [-0.25, -0.2) is 0 Å². The smallest absolute Gasteiger partial charge is 0.303 e. The van der Waals surface area contributed by atoms with Crippen LogP contribution < -0.4 is 10.6 Å². The van der Waals surface area contributed by atoms with Crippen LogP contribution in [-0.2, 0) is 4.79 Å². The van der Waals surface area contributed by atoms with Crippen LogP contribution in [-0.4, -0.2) is 28.6 Å². The normalized spacial score (nSPS) is 15.1. The molecule has 0 atom stereocenters. The van der Waals surface area contributed by atoms with Crippen molar-refractivity contribution in [2.45, 2.75) is 51.4 Å². The molecule has 1 heterocycles. The number of nitriles is 1. The van der Waals surface area contributed by atoms with Gasteiger partial charge in [-0.15, -0.1) is 4.99 Å². The van der Waals surface area contributed by atoms with Gasteiger partial charge in [0.1, 0.15) is 0 Å². The van der Waals surface area contributed by atoms with Crippen molar-refractivity contribution >= 4 is 23.2 Å². The number of rotatable bonds is 9. The molecule has 0 spiro atoms. The van der Waals surface area contributed by atoms with E-state index < -0.39 is 5.97 Å². The van der Waals surface area contributed by atoms with Gasteiger partial charge in [0, 0.05) is 36.6 Å². The number of carbonyl (C=O) groups is 1. The molecule has 0 bridgehead atoms. The van der Waals surface area contributed by atoms with Gasteiger partial charge >= 0.3 is 5.97 Å². The van der Waals surface area contributed by atoms with Crippen molar-refractivity contribution in [1.82, 2.24) is 4.98 Å². The van der Waals surface area contributed by atoms with Crippen LogP contribution in [0.3, 0.4) is 0 Å². The van der Waals surface area contributed by atoms with Crippen molar-refractivity contribution in [2.75, 3.05) is 11.4 Å². The average molecular weight is 446 g/mol. The van der Waals surface area contributed by atoms with Gasteiger partial charge in [-0.05, 0) is 60.9 Å². The van der Waals surface area contributed by atoms with E-state index in [1.54, 1.807) is 12.4 Å². The lowest BCUT2D eigenvalue weighted by atomic mass is 9.89. The number of carboxylic acids is 1. The summed E-state index contributed by atoms with van der Waals surface area (Å²) >= 11 is 0. The zero-order valence-corrected chi connectivity index (χ0v) is 18.9. The highest BCUT2D eigenvalue weighted by atomic mass is 16.4. The summed E-state index contributed by atoms with van der Waals surface area (Å²) in [5.74, 6) is -0.0771. The monoisotopic (exact) mass is 445 g/mol. The predicted molar refractivity (Wildman–Crippen MR) is 130 cm³/mol. The lowest BCUT2D eigenvalue weighted by molar-refractivity contribution is -0.137. The average Bonchev–Trinajstić information content (AvgIpc) is 2.84. The Labute approximate surface area is 195 Å². The third kappa shape index (κ3) is 7.18. The minimum atomic E-state index is -0.793. The molecule has 33 heavy (non-hydrogen) atoms. The lowest BCUT2D eigenvalue weighted by Crippen LogP contribution is -2.41. The number of nitrogens with zero attached hydrogens (tertiary/aromatic N) is 4. The number of benzene rings is 1. The van der Waals surface area contributed by atoms with Crippen LogP contribution in [0.15, 0.2) is 59.9 Å². The Balaban J connectivity index is 1.93. The molecule has 0 amide bonds. The number of aliphatic carboxylic acids is 1. The Morgan fingerprint density at radius 2 is 2.03 bits per heavy atom. The van der Waals surface area contributed by atoms with Crippen LogP contribution in [0.5, 0.6) is 0 Å². The number of anilines is 1. The number of pyridine rings is 1. The Kier molecular flexibility index (Phi) is 9.01. The summed E-state index contributed by atoms with van der Waals surface area (Å²) in [6.07, 6.45) is 14.8. The highest BCUT2D eigenvalue weighted by Crippen LogP contribution is 2.30. The maximum atomic E-state index is 10.9. The first-order valence-electron chi connectivity index (χ1n) is 11.5. The minimum absolute atomic E-state index is 0.132. The molecule has 2 aromatic rings. The summed E-state index contributed by atoms with van der Waals surface area (Å²) in [5.41, 5.74) is 10.0. The first-order chi connectivity index (χ1) is 16.1. The Morgan fingerprint density at radius 3 is 2.73 bits per heavy atom. The van der Waals surface area contributed by atoms with Gasteiger partial charge in [-0.2, -0.15) is 5.26 Å². The summed E-state index contributed by atoms with van der Waals surface area (Å²) in [5, 5.41) is 18.0. The zero-order valence-electron chi connectivity index (χ0n) is 18.9. The highest BCUT2D eigenvalue weighted by Gasteiger charge is 2.20. The third-order valence-electron chi connectivity index (χ3n) is 5.99. The van der Waals surface area contributed by atoms with E-state index in [1.165, 1.54) is 19.3 Å². The molecule has 7 nitrogen and oxygen atoms in total. The first kappa shape index (κ1) is 24.0. The molecule has 172 valence electrons. The lowest BCUT2D eigenvalue weighted by Gasteiger charge is -2.30. The summed E-state index contributed by atoms with van der Waals surface area (Å²) in [4.78, 5) is 20.9. The number of aromatic nitrogens is 1. The van der Waals surface area contributed by atoms with Gasteiger partial charge < -0.3 is 15.7 Å². The van der Waals surface area contributed by atoms with Gasteiger partial charge in [0.25, 0.3) is 0 Å². The fourth-order valence-corrected chi connectivity index (χ4v) is 4.34. The molecular weight excluding hydrogens is 414 g/mol. The molecule has 3 N–H and O–H groups in total. The van der Waals surface area contributed by atoms with Gasteiger partial charge in [0.05, 0.1) is 0 Å². The second-order valence-electron chi connectivity index (χ2n) is 8.38. The fraction of sp³-hybridized carbons (Fsp3) is 0.385. The maximum Gasteiger partial charge on any atom is 0.303 e. The number of hydrogen-bond acceptors (Lipinski definition) is 4. The molecule has 1 aliphatic rings. The van der Waals surface area contributed by atoms with Crippen molar-refractivity contribution < 1.29 is 9.90 Å².